The minimum Gasteiger partial charge on any atom is -0.368 e. The largest absolute Gasteiger partial charge is 0.368 e. The standard InChI is InChI=1S/C23H25NO3/c1-22-13-14-23(2,27-22)20(26-16-17-9-5-3-6-10-17)19(15-22)24-21(25)18-11-7-4-8-12-18/h3-14,19-20H,15-16H2,1-2H3,(H,24,25)/t19-,20-,22+,23-/m0/s1. The lowest BCUT2D eigenvalue weighted by Crippen LogP contribution is -2.61. The molecular weight excluding hydrogens is 338 g/mol. The predicted octanol–water partition coefficient (Wildman–Crippen LogP) is 3.88. The van der Waals surface area contributed by atoms with E-state index in [9.17, 15) is 4.79 Å². The predicted molar refractivity (Wildman–Crippen MR) is 104 cm³/mol. The van der Waals surface area contributed by atoms with Crippen LogP contribution in [0.4, 0.5) is 0 Å². The molecule has 0 radical (unpaired) electrons. The third-order valence-corrected chi connectivity index (χ3v) is 5.40. The lowest BCUT2D eigenvalue weighted by Gasteiger charge is -2.47. The highest BCUT2D eigenvalue weighted by atomic mass is 16.6. The molecule has 4 atom stereocenters. The van der Waals surface area contributed by atoms with Crippen LogP contribution in [0.3, 0.4) is 0 Å². The molecule has 27 heavy (non-hydrogen) atoms. The summed E-state index contributed by atoms with van der Waals surface area (Å²) >= 11 is 0. The Morgan fingerprint density at radius 1 is 1.07 bits per heavy atom. The number of nitrogens with one attached hydrogen (secondary N) is 1. The van der Waals surface area contributed by atoms with Crippen molar-refractivity contribution in [3.63, 3.8) is 0 Å². The van der Waals surface area contributed by atoms with Crippen molar-refractivity contribution < 1.29 is 14.3 Å². The first-order valence-corrected chi connectivity index (χ1v) is 9.39. The molecule has 2 heterocycles. The molecular formula is C23H25NO3. The number of carbonyl (C=O) groups excluding carboxylic acids is 1. The van der Waals surface area contributed by atoms with E-state index in [4.69, 9.17) is 9.47 Å². The molecule has 4 rings (SSSR count). The Balaban J connectivity index is 1.54. The monoisotopic (exact) mass is 363 g/mol. The van der Waals surface area contributed by atoms with Crippen molar-refractivity contribution >= 4 is 5.91 Å². The second kappa shape index (κ2) is 6.95. The molecule has 1 N–H and O–H groups in total. The summed E-state index contributed by atoms with van der Waals surface area (Å²) in [6.45, 7) is 4.57. The molecule has 0 unspecified atom stereocenters. The lowest BCUT2D eigenvalue weighted by molar-refractivity contribution is -0.196. The molecule has 0 spiro atoms. The summed E-state index contributed by atoms with van der Waals surface area (Å²) in [7, 11) is 0. The average molecular weight is 363 g/mol. The molecule has 1 saturated heterocycles. The average Bonchev–Trinajstić information content (AvgIpc) is 2.93. The van der Waals surface area contributed by atoms with Gasteiger partial charge in [0.2, 0.25) is 0 Å². The Hall–Kier alpha value is -2.43. The lowest BCUT2D eigenvalue weighted by atomic mass is 9.86. The van der Waals surface area contributed by atoms with Crippen molar-refractivity contribution in [3.8, 4) is 0 Å². The van der Waals surface area contributed by atoms with E-state index in [1.807, 2.05) is 67.6 Å². The number of rotatable bonds is 5. The van der Waals surface area contributed by atoms with Gasteiger partial charge in [-0.15, -0.1) is 0 Å². The number of amides is 1. The van der Waals surface area contributed by atoms with Gasteiger partial charge in [0.05, 0.1) is 18.2 Å². The van der Waals surface area contributed by atoms with Crippen LogP contribution in [0.5, 0.6) is 0 Å². The first-order valence-electron chi connectivity index (χ1n) is 9.39. The number of ether oxygens (including phenoxy) is 2. The summed E-state index contributed by atoms with van der Waals surface area (Å²) in [6, 6.07) is 19.2. The summed E-state index contributed by atoms with van der Waals surface area (Å²) in [5.74, 6) is -0.0811. The van der Waals surface area contributed by atoms with E-state index in [0.717, 1.165) is 5.56 Å². The summed E-state index contributed by atoms with van der Waals surface area (Å²) < 4.78 is 12.6. The maximum Gasteiger partial charge on any atom is 0.251 e. The van der Waals surface area contributed by atoms with Crippen molar-refractivity contribution in [1.29, 1.82) is 0 Å². The van der Waals surface area contributed by atoms with Crippen molar-refractivity contribution in [1.82, 2.24) is 5.32 Å². The Morgan fingerprint density at radius 2 is 1.74 bits per heavy atom. The SMILES string of the molecule is C[C@]12C=C[C@](C)(O1)[C@@H](OCc1ccccc1)[C@@H](NC(=O)c1ccccc1)C2. The van der Waals surface area contributed by atoms with Gasteiger partial charge in [0.15, 0.2) is 0 Å². The van der Waals surface area contributed by atoms with Gasteiger partial charge in [-0.2, -0.15) is 0 Å². The van der Waals surface area contributed by atoms with Crippen molar-refractivity contribution in [2.75, 3.05) is 0 Å². The molecule has 2 aromatic carbocycles. The van der Waals surface area contributed by atoms with E-state index >= 15 is 0 Å². The molecule has 4 nitrogen and oxygen atoms in total. The van der Waals surface area contributed by atoms with Crippen molar-refractivity contribution in [2.45, 2.75) is 50.2 Å². The van der Waals surface area contributed by atoms with E-state index in [1.54, 1.807) is 0 Å². The zero-order valence-electron chi connectivity index (χ0n) is 15.7. The highest BCUT2D eigenvalue weighted by Gasteiger charge is 2.54. The Morgan fingerprint density at radius 3 is 2.44 bits per heavy atom. The fourth-order valence-electron chi connectivity index (χ4n) is 4.13. The molecule has 140 valence electrons. The van der Waals surface area contributed by atoms with Crippen LogP contribution < -0.4 is 5.32 Å². The molecule has 1 fully saturated rings. The fraction of sp³-hybridized carbons (Fsp3) is 0.348. The van der Waals surface area contributed by atoms with Crippen LogP contribution in [-0.2, 0) is 16.1 Å². The topological polar surface area (TPSA) is 47.6 Å². The second-order valence-corrected chi connectivity index (χ2v) is 7.80. The normalized spacial score (nSPS) is 31.6. The first-order chi connectivity index (χ1) is 13.0. The van der Waals surface area contributed by atoms with E-state index < -0.39 is 5.60 Å². The third-order valence-electron chi connectivity index (χ3n) is 5.40. The van der Waals surface area contributed by atoms with Gasteiger partial charge < -0.3 is 14.8 Å². The van der Waals surface area contributed by atoms with Crippen LogP contribution in [-0.4, -0.2) is 29.3 Å². The van der Waals surface area contributed by atoms with Gasteiger partial charge in [-0.3, -0.25) is 4.79 Å². The van der Waals surface area contributed by atoms with Gasteiger partial charge in [0, 0.05) is 12.0 Å². The minimum absolute atomic E-state index is 0.0811. The number of carbonyl (C=O) groups is 1. The Labute approximate surface area is 160 Å². The van der Waals surface area contributed by atoms with Crippen molar-refractivity contribution in [3.05, 3.63) is 83.9 Å². The van der Waals surface area contributed by atoms with Crippen LogP contribution in [0.25, 0.3) is 0 Å². The highest BCUT2D eigenvalue weighted by Crippen LogP contribution is 2.44. The highest BCUT2D eigenvalue weighted by molar-refractivity contribution is 5.94. The molecule has 2 bridgehead atoms. The van der Waals surface area contributed by atoms with Gasteiger partial charge in [0.1, 0.15) is 11.7 Å². The zero-order chi connectivity index (χ0) is 18.9. The van der Waals surface area contributed by atoms with Crippen molar-refractivity contribution in [2.24, 2.45) is 0 Å². The third kappa shape index (κ3) is 3.68. The van der Waals surface area contributed by atoms with Gasteiger partial charge in [-0.1, -0.05) is 60.7 Å². The fourth-order valence-corrected chi connectivity index (χ4v) is 4.13. The van der Waals surface area contributed by atoms with E-state index in [1.165, 1.54) is 0 Å². The second-order valence-electron chi connectivity index (χ2n) is 7.80. The maximum absolute atomic E-state index is 12.7. The number of benzene rings is 2. The van der Waals surface area contributed by atoms with Gasteiger partial charge >= 0.3 is 0 Å². The van der Waals surface area contributed by atoms with Crippen LogP contribution in [0, 0.1) is 0 Å². The van der Waals surface area contributed by atoms with Crippen LogP contribution in [0.15, 0.2) is 72.8 Å². The van der Waals surface area contributed by atoms with E-state index in [0.29, 0.717) is 18.6 Å². The first kappa shape index (κ1) is 18.0. The Kier molecular flexibility index (Phi) is 4.62. The maximum atomic E-state index is 12.7. The summed E-state index contributed by atoms with van der Waals surface area (Å²) in [5, 5.41) is 3.19. The van der Waals surface area contributed by atoms with Crippen LogP contribution >= 0.6 is 0 Å². The minimum atomic E-state index is -0.559. The quantitative estimate of drug-likeness (QED) is 0.820. The number of fused-ring (bicyclic) bond motifs is 2. The summed E-state index contributed by atoms with van der Waals surface area (Å²) in [4.78, 5) is 12.7. The molecule has 2 aliphatic heterocycles. The van der Waals surface area contributed by atoms with E-state index in [2.05, 4.69) is 24.4 Å². The van der Waals surface area contributed by atoms with Gasteiger partial charge in [-0.05, 0) is 31.5 Å². The molecule has 0 aromatic heterocycles. The molecule has 0 aliphatic carbocycles. The molecule has 2 aliphatic rings. The van der Waals surface area contributed by atoms with E-state index in [-0.39, 0.29) is 23.7 Å². The van der Waals surface area contributed by atoms with Gasteiger partial charge in [0.25, 0.3) is 5.91 Å². The molecule has 0 saturated carbocycles. The zero-order valence-corrected chi connectivity index (χ0v) is 15.7. The van der Waals surface area contributed by atoms with Crippen LogP contribution in [0.1, 0.15) is 36.2 Å². The summed E-state index contributed by atoms with van der Waals surface area (Å²) in [6.07, 6.45) is 4.59. The summed E-state index contributed by atoms with van der Waals surface area (Å²) in [5.41, 5.74) is 0.817. The molecule has 4 heteroatoms. The van der Waals surface area contributed by atoms with Crippen LogP contribution in [0.2, 0.25) is 0 Å². The molecule has 1 amide bonds. The smallest absolute Gasteiger partial charge is 0.251 e. The number of hydrogen-bond acceptors (Lipinski definition) is 3. The number of hydrogen-bond donors (Lipinski definition) is 1. The van der Waals surface area contributed by atoms with Gasteiger partial charge in [-0.25, -0.2) is 0 Å². The Bertz CT molecular complexity index is 835. The molecule has 2 aromatic rings.